The Kier molecular flexibility index (Phi) is 9.37. The second-order valence-electron chi connectivity index (χ2n) is 13.4. The molecule has 0 aliphatic carbocycles. The second-order valence-corrected chi connectivity index (χ2v) is 15.1. The molecule has 0 radical (unpaired) electrons. The minimum Gasteiger partial charge on any atom is -0.481 e. The van der Waals surface area contributed by atoms with Crippen molar-refractivity contribution in [3.63, 3.8) is 0 Å². The molecule has 2 aliphatic heterocycles. The zero-order valence-electron chi connectivity index (χ0n) is 25.2. The normalized spacial score (nSPS) is 22.5. The average molecular weight is 693 g/mol. The lowest BCUT2D eigenvalue weighted by Crippen LogP contribution is -2.58. The van der Waals surface area contributed by atoms with Gasteiger partial charge >= 0.3 is 5.97 Å². The first-order chi connectivity index (χ1) is 20.1. The highest BCUT2D eigenvalue weighted by Gasteiger charge is 2.62. The van der Waals surface area contributed by atoms with E-state index in [2.05, 4.69) is 5.32 Å². The number of carboxylic acids is 1. The largest absolute Gasteiger partial charge is 0.481 e. The smallest absolute Gasteiger partial charge is 0.306 e. The number of amides is 2. The molecule has 3 atom stereocenters. The summed E-state index contributed by atoms with van der Waals surface area (Å²) in [5, 5.41) is 13.3. The number of carboxylic acid groups (broad SMARTS) is 1. The third kappa shape index (κ3) is 6.41. The number of hydrogen-bond acceptors (Lipinski definition) is 4. The number of hydrogen-bond donors (Lipinski definition) is 2. The third-order valence-electron chi connectivity index (χ3n) is 9.30. The van der Waals surface area contributed by atoms with E-state index in [9.17, 15) is 19.5 Å². The maximum Gasteiger partial charge on any atom is 0.306 e. The number of carbonyl (C=O) groups is 3. The van der Waals surface area contributed by atoms with Gasteiger partial charge < -0.3 is 15.3 Å². The van der Waals surface area contributed by atoms with Crippen molar-refractivity contribution in [3.05, 3.63) is 56.0 Å². The first-order valence-electron chi connectivity index (χ1n) is 14.0. The lowest BCUT2D eigenvalue weighted by atomic mass is 9.69. The first-order valence-corrected chi connectivity index (χ1v) is 15.6. The summed E-state index contributed by atoms with van der Waals surface area (Å²) in [4.78, 5) is 43.1. The summed E-state index contributed by atoms with van der Waals surface area (Å²) in [5.41, 5.74) is -2.31. The van der Waals surface area contributed by atoms with Crippen molar-refractivity contribution in [2.24, 2.45) is 16.7 Å². The summed E-state index contributed by atoms with van der Waals surface area (Å²) < 4.78 is 30.8. The van der Waals surface area contributed by atoms with Gasteiger partial charge in [0.1, 0.15) is 5.54 Å². The first kappa shape index (κ1) is 34.7. The number of likely N-dealkylation sites (tertiary alicyclic amines) is 1. The Balaban J connectivity index is 1.86. The zero-order valence-corrected chi connectivity index (χ0v) is 28.2. The number of benzene rings is 2. The van der Waals surface area contributed by atoms with Crippen LogP contribution in [0, 0.1) is 16.7 Å². The van der Waals surface area contributed by atoms with E-state index >= 15 is 8.78 Å². The van der Waals surface area contributed by atoms with Crippen LogP contribution in [0.1, 0.15) is 59.9 Å². The monoisotopic (exact) mass is 691 g/mol. The lowest BCUT2D eigenvalue weighted by molar-refractivity contribution is -0.147. The van der Waals surface area contributed by atoms with Crippen LogP contribution in [0.3, 0.4) is 0 Å². The van der Waals surface area contributed by atoms with E-state index in [4.69, 9.17) is 46.4 Å². The molecular weight excluding hydrogens is 658 g/mol. The van der Waals surface area contributed by atoms with Gasteiger partial charge in [-0.1, -0.05) is 87.9 Å². The Bertz CT molecular complexity index is 1490. The fraction of sp³-hybridized carbons (Fsp3) is 0.516. The van der Waals surface area contributed by atoms with Crippen LogP contribution in [0.25, 0.3) is 0 Å². The van der Waals surface area contributed by atoms with Gasteiger partial charge in [-0.15, -0.1) is 0 Å². The number of rotatable bonds is 8. The Hall–Kier alpha value is -2.17. The van der Waals surface area contributed by atoms with Gasteiger partial charge in [0.25, 0.3) is 5.92 Å². The third-order valence-corrected chi connectivity index (χ3v) is 10.3. The standard InChI is InChI=1S/C31H35Cl4F2N3O4/c1-16(26(43)39(14-29(5,6)28(2,3)4)20-8-17(32)7-18(33)9-20)23-12-30(36,37)15-40(23)31(13-24(41)42)21-10-19(34)11-22(35)25(21)38-27(31)44/h7-11,16,23H,12-15H2,1-6H3,(H,38,44)(H,41,42)/t16-,23-,31-/m1/s1. The van der Waals surface area contributed by atoms with Crippen molar-refractivity contribution >= 4 is 75.6 Å². The van der Waals surface area contributed by atoms with Crippen LogP contribution in [0.2, 0.25) is 20.1 Å². The molecule has 2 aromatic rings. The van der Waals surface area contributed by atoms with E-state index in [0.717, 1.165) is 4.90 Å². The molecule has 7 nitrogen and oxygen atoms in total. The topological polar surface area (TPSA) is 90.0 Å². The highest BCUT2D eigenvalue weighted by molar-refractivity contribution is 6.38. The maximum absolute atomic E-state index is 15.4. The van der Waals surface area contributed by atoms with Gasteiger partial charge in [-0.05, 0) is 41.2 Å². The van der Waals surface area contributed by atoms with Crippen LogP contribution in [0.5, 0.6) is 0 Å². The number of alkyl halides is 2. The Morgan fingerprint density at radius 1 is 1.05 bits per heavy atom. The van der Waals surface area contributed by atoms with Crippen LogP contribution in [-0.4, -0.2) is 52.8 Å². The fourth-order valence-electron chi connectivity index (χ4n) is 5.89. The lowest BCUT2D eigenvalue weighted by Gasteiger charge is -2.45. The number of fused-ring (bicyclic) bond motifs is 1. The summed E-state index contributed by atoms with van der Waals surface area (Å²) in [6.45, 7) is 10.8. The van der Waals surface area contributed by atoms with Gasteiger partial charge in [0.2, 0.25) is 11.8 Å². The van der Waals surface area contributed by atoms with Crippen LogP contribution < -0.4 is 10.2 Å². The van der Waals surface area contributed by atoms with E-state index in [1.165, 1.54) is 30.0 Å². The molecule has 2 heterocycles. The predicted octanol–water partition coefficient (Wildman–Crippen LogP) is 8.37. The van der Waals surface area contributed by atoms with Crippen molar-refractivity contribution < 1.29 is 28.3 Å². The summed E-state index contributed by atoms with van der Waals surface area (Å²) in [6.07, 6.45) is -1.65. The summed E-state index contributed by atoms with van der Waals surface area (Å²) in [5.74, 6) is -7.23. The number of carbonyl (C=O) groups excluding carboxylic acids is 2. The molecule has 1 saturated heterocycles. The van der Waals surface area contributed by atoms with E-state index in [-0.39, 0.29) is 43.3 Å². The maximum atomic E-state index is 15.4. The zero-order chi connectivity index (χ0) is 33.2. The van der Waals surface area contributed by atoms with Crippen LogP contribution in [0.4, 0.5) is 20.2 Å². The number of aliphatic carboxylic acids is 1. The van der Waals surface area contributed by atoms with Gasteiger partial charge in [-0.3, -0.25) is 19.3 Å². The highest BCUT2D eigenvalue weighted by atomic mass is 35.5. The van der Waals surface area contributed by atoms with Gasteiger partial charge in [-0.2, -0.15) is 0 Å². The molecule has 1 fully saturated rings. The number of nitrogens with one attached hydrogen (secondary N) is 1. The molecule has 13 heteroatoms. The number of nitrogens with zero attached hydrogens (tertiary/aromatic N) is 2. The Morgan fingerprint density at radius 2 is 1.61 bits per heavy atom. The molecule has 0 bridgehead atoms. The minimum absolute atomic E-state index is 0.0353. The second kappa shape index (κ2) is 11.9. The number of anilines is 2. The van der Waals surface area contributed by atoms with Crippen molar-refractivity contribution in [2.45, 2.75) is 71.9 Å². The Morgan fingerprint density at radius 3 is 2.16 bits per heavy atom. The molecule has 0 aromatic heterocycles. The van der Waals surface area contributed by atoms with Gasteiger partial charge in [0.15, 0.2) is 0 Å². The molecular formula is C31H35Cl4F2N3O4. The highest BCUT2D eigenvalue weighted by Crippen LogP contribution is 2.52. The van der Waals surface area contributed by atoms with Crippen LogP contribution in [0.15, 0.2) is 30.3 Å². The van der Waals surface area contributed by atoms with Crippen LogP contribution in [-0.2, 0) is 19.9 Å². The van der Waals surface area contributed by atoms with E-state index < -0.39 is 66.0 Å². The van der Waals surface area contributed by atoms with Crippen molar-refractivity contribution in [2.75, 3.05) is 23.3 Å². The SMILES string of the molecule is C[C@@H](C(=O)N(CC(C)(C)C(C)(C)C)c1cc(Cl)cc(Cl)c1)[C@H]1CC(F)(F)CN1[C@@]1(CC(=O)O)C(=O)Nc2c(Cl)cc(Cl)cc21. The molecule has 44 heavy (non-hydrogen) atoms. The summed E-state index contributed by atoms with van der Waals surface area (Å²) >= 11 is 25.3. The van der Waals surface area contributed by atoms with Gasteiger partial charge in [0, 0.05) is 45.3 Å². The molecule has 0 spiro atoms. The predicted molar refractivity (Wildman–Crippen MR) is 170 cm³/mol. The van der Waals surface area contributed by atoms with E-state index in [1.807, 2.05) is 34.6 Å². The Labute approximate surface area is 275 Å². The van der Waals surface area contributed by atoms with Crippen molar-refractivity contribution in [3.8, 4) is 0 Å². The molecule has 240 valence electrons. The van der Waals surface area contributed by atoms with Gasteiger partial charge in [-0.25, -0.2) is 8.78 Å². The van der Waals surface area contributed by atoms with Gasteiger partial charge in [0.05, 0.1) is 29.6 Å². The fourth-order valence-corrected chi connectivity index (χ4v) is 6.95. The van der Waals surface area contributed by atoms with Crippen molar-refractivity contribution in [1.82, 2.24) is 4.90 Å². The summed E-state index contributed by atoms with van der Waals surface area (Å²) in [6, 6.07) is 6.15. The number of halogens is 6. The summed E-state index contributed by atoms with van der Waals surface area (Å²) in [7, 11) is 0. The van der Waals surface area contributed by atoms with E-state index in [1.54, 1.807) is 12.1 Å². The van der Waals surface area contributed by atoms with E-state index in [0.29, 0.717) is 5.69 Å². The molecule has 2 aromatic carbocycles. The average Bonchev–Trinajstić information content (AvgIpc) is 3.34. The van der Waals surface area contributed by atoms with Crippen LogP contribution >= 0.6 is 46.4 Å². The quantitative estimate of drug-likeness (QED) is 0.290. The molecule has 2 aliphatic rings. The molecule has 4 rings (SSSR count). The van der Waals surface area contributed by atoms with Crippen molar-refractivity contribution in [1.29, 1.82) is 0 Å². The minimum atomic E-state index is -3.34. The molecule has 2 amide bonds. The molecule has 0 saturated carbocycles. The molecule has 0 unspecified atom stereocenters. The molecule has 2 N–H and O–H groups in total.